The summed E-state index contributed by atoms with van der Waals surface area (Å²) in [5.74, 6) is 1.05. The molecule has 4 aromatic rings. The molecule has 0 radical (unpaired) electrons. The zero-order valence-corrected chi connectivity index (χ0v) is 14.8. The van der Waals surface area contributed by atoms with Crippen LogP contribution in [0.2, 0.25) is 0 Å². The Balaban J connectivity index is 1.70. The van der Waals surface area contributed by atoms with Gasteiger partial charge in [-0.25, -0.2) is 4.98 Å². The van der Waals surface area contributed by atoms with E-state index in [1.807, 2.05) is 42.5 Å². The molecule has 0 saturated heterocycles. The predicted molar refractivity (Wildman–Crippen MR) is 107 cm³/mol. The second-order valence-corrected chi connectivity index (χ2v) is 6.08. The molecule has 0 aliphatic rings. The van der Waals surface area contributed by atoms with E-state index in [1.165, 1.54) is 0 Å². The normalized spacial score (nSPS) is 10.1. The second-order valence-electron chi connectivity index (χ2n) is 6.08. The number of benzene rings is 3. The second kappa shape index (κ2) is 7.49. The molecule has 0 bridgehead atoms. The van der Waals surface area contributed by atoms with Crippen molar-refractivity contribution in [3.63, 3.8) is 0 Å². The highest BCUT2D eigenvalue weighted by Gasteiger charge is 2.08. The zero-order chi connectivity index (χ0) is 19.3. The summed E-state index contributed by atoms with van der Waals surface area (Å²) in [6.07, 6.45) is 0. The summed E-state index contributed by atoms with van der Waals surface area (Å²) in [4.78, 5) is 4.57. The van der Waals surface area contributed by atoms with Gasteiger partial charge in [0.15, 0.2) is 0 Å². The third kappa shape index (κ3) is 3.60. The molecule has 1 heterocycles. The van der Waals surface area contributed by atoms with Gasteiger partial charge < -0.3 is 10.1 Å². The van der Waals surface area contributed by atoms with Crippen molar-refractivity contribution in [2.45, 2.75) is 0 Å². The minimum Gasteiger partial charge on any atom is -0.439 e. The van der Waals surface area contributed by atoms with Gasteiger partial charge >= 0.3 is 0 Å². The van der Waals surface area contributed by atoms with Crippen molar-refractivity contribution in [3.05, 3.63) is 90.0 Å². The topological polar surface area (TPSA) is 81.7 Å². The fourth-order valence-corrected chi connectivity index (χ4v) is 2.81. The number of pyridine rings is 1. The first-order chi connectivity index (χ1) is 13.7. The first-order valence-corrected chi connectivity index (χ1v) is 8.60. The number of hydrogen-bond acceptors (Lipinski definition) is 5. The van der Waals surface area contributed by atoms with E-state index < -0.39 is 0 Å². The number of ether oxygens (including phenoxy) is 1. The van der Waals surface area contributed by atoms with Gasteiger partial charge in [0.1, 0.15) is 5.75 Å². The molecule has 1 N–H and O–H groups in total. The first-order valence-electron chi connectivity index (χ1n) is 8.60. The van der Waals surface area contributed by atoms with Gasteiger partial charge in [0.05, 0.1) is 34.5 Å². The summed E-state index contributed by atoms with van der Waals surface area (Å²) in [6.45, 7) is 0. The monoisotopic (exact) mass is 362 g/mol. The minimum absolute atomic E-state index is 0.444. The van der Waals surface area contributed by atoms with Crippen LogP contribution in [0.3, 0.4) is 0 Å². The highest BCUT2D eigenvalue weighted by Crippen LogP contribution is 2.31. The van der Waals surface area contributed by atoms with Crippen molar-refractivity contribution in [2.75, 3.05) is 5.32 Å². The molecular weight excluding hydrogens is 348 g/mol. The Bertz CT molecular complexity index is 1220. The van der Waals surface area contributed by atoms with Crippen LogP contribution in [0, 0.1) is 22.7 Å². The molecule has 4 rings (SSSR count). The van der Waals surface area contributed by atoms with Crippen LogP contribution in [0.25, 0.3) is 10.9 Å². The molecule has 0 unspecified atom stereocenters. The Labute approximate surface area is 162 Å². The summed E-state index contributed by atoms with van der Waals surface area (Å²) >= 11 is 0. The quantitative estimate of drug-likeness (QED) is 0.517. The summed E-state index contributed by atoms with van der Waals surface area (Å²) < 4.78 is 5.90. The van der Waals surface area contributed by atoms with Crippen molar-refractivity contribution < 1.29 is 4.74 Å². The molecule has 28 heavy (non-hydrogen) atoms. The first kappa shape index (κ1) is 17.1. The van der Waals surface area contributed by atoms with Crippen LogP contribution >= 0.6 is 0 Å². The van der Waals surface area contributed by atoms with Crippen molar-refractivity contribution in [3.8, 4) is 23.8 Å². The average Bonchev–Trinajstić information content (AvgIpc) is 2.75. The van der Waals surface area contributed by atoms with Crippen LogP contribution in [0.4, 0.5) is 11.4 Å². The van der Waals surface area contributed by atoms with Crippen LogP contribution in [-0.4, -0.2) is 4.98 Å². The molecule has 5 nitrogen and oxygen atoms in total. The van der Waals surface area contributed by atoms with E-state index in [4.69, 9.17) is 15.3 Å². The van der Waals surface area contributed by atoms with Crippen LogP contribution in [0.1, 0.15) is 11.1 Å². The van der Waals surface area contributed by atoms with Crippen molar-refractivity contribution in [1.29, 1.82) is 10.5 Å². The molecule has 5 heteroatoms. The van der Waals surface area contributed by atoms with E-state index in [9.17, 15) is 0 Å². The summed E-state index contributed by atoms with van der Waals surface area (Å²) in [7, 11) is 0. The van der Waals surface area contributed by atoms with E-state index in [-0.39, 0.29) is 0 Å². The number of hydrogen-bond donors (Lipinski definition) is 1. The number of nitriles is 2. The summed E-state index contributed by atoms with van der Waals surface area (Å²) in [5, 5.41) is 22.2. The number of para-hydroxylation sites is 1. The largest absolute Gasteiger partial charge is 0.439 e. The van der Waals surface area contributed by atoms with Crippen molar-refractivity contribution in [1.82, 2.24) is 4.98 Å². The third-order valence-electron chi connectivity index (χ3n) is 4.19. The lowest BCUT2D eigenvalue weighted by molar-refractivity contribution is 0.465. The molecule has 1 aromatic heterocycles. The van der Waals surface area contributed by atoms with Gasteiger partial charge in [-0.2, -0.15) is 10.5 Å². The Hall–Kier alpha value is -4.35. The zero-order valence-electron chi connectivity index (χ0n) is 14.8. The van der Waals surface area contributed by atoms with Crippen LogP contribution in [-0.2, 0) is 0 Å². The lowest BCUT2D eigenvalue weighted by Crippen LogP contribution is -1.96. The highest BCUT2D eigenvalue weighted by molar-refractivity contribution is 5.93. The lowest BCUT2D eigenvalue weighted by Gasteiger charge is -2.12. The standard InChI is InChI=1S/C23H14N4O/c24-14-16-5-9-18(10-6-16)26-22-13-23(27-21-4-2-1-3-20(21)22)28-19-11-7-17(15-25)8-12-19/h1-13H,(H,26,27). The van der Waals surface area contributed by atoms with Crippen molar-refractivity contribution in [2.24, 2.45) is 0 Å². The number of anilines is 2. The molecule has 3 aromatic carbocycles. The number of nitrogens with one attached hydrogen (secondary N) is 1. The minimum atomic E-state index is 0.444. The fraction of sp³-hybridized carbons (Fsp3) is 0. The van der Waals surface area contributed by atoms with E-state index in [0.717, 1.165) is 22.3 Å². The molecule has 0 saturated carbocycles. The highest BCUT2D eigenvalue weighted by atomic mass is 16.5. The van der Waals surface area contributed by atoms with Gasteiger partial charge in [-0.3, -0.25) is 0 Å². The van der Waals surface area contributed by atoms with Gasteiger partial charge in [0.25, 0.3) is 0 Å². The SMILES string of the molecule is N#Cc1ccc(Nc2cc(Oc3ccc(C#N)cc3)nc3ccccc23)cc1. The van der Waals surface area contributed by atoms with Gasteiger partial charge in [-0.1, -0.05) is 18.2 Å². The van der Waals surface area contributed by atoms with Crippen LogP contribution < -0.4 is 10.1 Å². The summed E-state index contributed by atoms with van der Waals surface area (Å²) in [6, 6.07) is 27.9. The van der Waals surface area contributed by atoms with E-state index >= 15 is 0 Å². The Morgan fingerprint density at radius 2 is 1.43 bits per heavy atom. The number of fused-ring (bicyclic) bond motifs is 1. The number of aromatic nitrogens is 1. The maximum Gasteiger partial charge on any atom is 0.221 e. The maximum atomic E-state index is 8.96. The lowest BCUT2D eigenvalue weighted by atomic mass is 10.1. The smallest absolute Gasteiger partial charge is 0.221 e. The Morgan fingerprint density at radius 3 is 2.11 bits per heavy atom. The molecule has 132 valence electrons. The van der Waals surface area contributed by atoms with Crippen LogP contribution in [0.15, 0.2) is 78.9 Å². The molecule has 0 aliphatic heterocycles. The molecule has 0 aliphatic carbocycles. The summed E-state index contributed by atoms with van der Waals surface area (Å²) in [5.41, 5.74) is 3.68. The molecular formula is C23H14N4O. The van der Waals surface area contributed by atoms with Gasteiger partial charge in [0.2, 0.25) is 5.88 Å². The number of rotatable bonds is 4. The Morgan fingerprint density at radius 1 is 0.786 bits per heavy atom. The molecule has 0 amide bonds. The van der Waals surface area contributed by atoms with Gasteiger partial charge in [-0.15, -0.1) is 0 Å². The molecule has 0 atom stereocenters. The average molecular weight is 362 g/mol. The van der Waals surface area contributed by atoms with E-state index in [0.29, 0.717) is 22.8 Å². The van der Waals surface area contributed by atoms with Gasteiger partial charge in [-0.05, 0) is 54.6 Å². The van der Waals surface area contributed by atoms with E-state index in [2.05, 4.69) is 22.4 Å². The maximum absolute atomic E-state index is 8.96. The van der Waals surface area contributed by atoms with Crippen molar-refractivity contribution >= 4 is 22.3 Å². The fourth-order valence-electron chi connectivity index (χ4n) is 2.81. The Kier molecular flexibility index (Phi) is 4.57. The van der Waals surface area contributed by atoms with Crippen LogP contribution in [0.5, 0.6) is 11.6 Å². The third-order valence-corrected chi connectivity index (χ3v) is 4.19. The molecule has 0 spiro atoms. The predicted octanol–water partition coefficient (Wildman–Crippen LogP) is 5.51. The van der Waals surface area contributed by atoms with Gasteiger partial charge in [0, 0.05) is 17.1 Å². The number of nitrogens with zero attached hydrogens (tertiary/aromatic N) is 3. The van der Waals surface area contributed by atoms with E-state index in [1.54, 1.807) is 36.4 Å². The molecule has 0 fully saturated rings.